The van der Waals surface area contributed by atoms with Crippen molar-refractivity contribution in [1.29, 1.82) is 0 Å². The van der Waals surface area contributed by atoms with Crippen molar-refractivity contribution in [3.8, 4) is 11.5 Å². The SMILES string of the molecule is CCCC(=O)NCc1cccc(-c2nc3c(nc(NC)c4ncn(C)c43)o2)c1. The van der Waals surface area contributed by atoms with E-state index in [-0.39, 0.29) is 5.91 Å². The summed E-state index contributed by atoms with van der Waals surface area (Å²) in [4.78, 5) is 25.3. The summed E-state index contributed by atoms with van der Waals surface area (Å²) in [6, 6.07) is 7.80. The molecule has 3 heterocycles. The van der Waals surface area contributed by atoms with E-state index in [1.54, 1.807) is 13.4 Å². The molecule has 0 saturated carbocycles. The van der Waals surface area contributed by atoms with Crippen molar-refractivity contribution in [3.05, 3.63) is 36.2 Å². The van der Waals surface area contributed by atoms with Crippen molar-refractivity contribution in [3.63, 3.8) is 0 Å². The number of aromatic nitrogens is 4. The van der Waals surface area contributed by atoms with Crippen molar-refractivity contribution in [2.75, 3.05) is 12.4 Å². The van der Waals surface area contributed by atoms with Gasteiger partial charge < -0.3 is 19.6 Å². The highest BCUT2D eigenvalue weighted by molar-refractivity contribution is 6.03. The molecule has 8 nitrogen and oxygen atoms in total. The van der Waals surface area contributed by atoms with Gasteiger partial charge in [-0.3, -0.25) is 4.79 Å². The summed E-state index contributed by atoms with van der Waals surface area (Å²) in [5.74, 6) is 1.19. The molecular weight excluding hydrogens is 356 g/mol. The molecule has 4 rings (SSSR count). The lowest BCUT2D eigenvalue weighted by Crippen LogP contribution is -2.22. The molecular formula is C20H22N6O2. The van der Waals surface area contributed by atoms with Crippen LogP contribution in [0.5, 0.6) is 0 Å². The third-order valence-electron chi connectivity index (χ3n) is 4.59. The van der Waals surface area contributed by atoms with E-state index in [4.69, 9.17) is 4.42 Å². The maximum absolute atomic E-state index is 11.7. The van der Waals surface area contributed by atoms with Crippen LogP contribution in [0.1, 0.15) is 25.3 Å². The number of benzene rings is 1. The van der Waals surface area contributed by atoms with Crippen LogP contribution in [-0.2, 0) is 18.4 Å². The molecule has 1 amide bonds. The lowest BCUT2D eigenvalue weighted by atomic mass is 10.1. The van der Waals surface area contributed by atoms with Gasteiger partial charge in [-0.1, -0.05) is 19.1 Å². The van der Waals surface area contributed by atoms with Gasteiger partial charge in [-0.05, 0) is 24.1 Å². The predicted octanol–water partition coefficient (Wildman–Crippen LogP) is 3.23. The number of imidazole rings is 1. The molecule has 144 valence electrons. The van der Waals surface area contributed by atoms with E-state index in [2.05, 4.69) is 25.6 Å². The van der Waals surface area contributed by atoms with E-state index < -0.39 is 0 Å². The van der Waals surface area contributed by atoms with Crippen LogP contribution < -0.4 is 10.6 Å². The third-order valence-corrected chi connectivity index (χ3v) is 4.59. The second-order valence-corrected chi connectivity index (χ2v) is 6.66. The lowest BCUT2D eigenvalue weighted by Gasteiger charge is -2.05. The van der Waals surface area contributed by atoms with Crippen LogP contribution in [0.3, 0.4) is 0 Å². The van der Waals surface area contributed by atoms with Crippen LogP contribution in [0.15, 0.2) is 35.0 Å². The van der Waals surface area contributed by atoms with Gasteiger partial charge in [-0.25, -0.2) is 9.97 Å². The second kappa shape index (κ2) is 7.30. The first-order chi connectivity index (χ1) is 13.6. The van der Waals surface area contributed by atoms with Gasteiger partial charge in [0.2, 0.25) is 11.8 Å². The van der Waals surface area contributed by atoms with Gasteiger partial charge in [0, 0.05) is 32.6 Å². The topological polar surface area (TPSA) is 97.9 Å². The van der Waals surface area contributed by atoms with Crippen LogP contribution in [0.2, 0.25) is 0 Å². The number of carbonyl (C=O) groups is 1. The fourth-order valence-corrected chi connectivity index (χ4v) is 3.21. The molecule has 4 aromatic rings. The first-order valence-corrected chi connectivity index (χ1v) is 9.26. The zero-order valence-corrected chi connectivity index (χ0v) is 16.1. The maximum atomic E-state index is 11.7. The van der Waals surface area contributed by atoms with Gasteiger partial charge in [0.25, 0.3) is 5.71 Å². The number of pyridine rings is 1. The van der Waals surface area contributed by atoms with Crippen molar-refractivity contribution in [2.45, 2.75) is 26.3 Å². The molecule has 3 aromatic heterocycles. The molecule has 2 N–H and O–H groups in total. The number of oxazole rings is 1. The number of carbonyl (C=O) groups excluding carboxylic acids is 1. The molecule has 0 radical (unpaired) electrons. The highest BCUT2D eigenvalue weighted by Crippen LogP contribution is 2.31. The Kier molecular flexibility index (Phi) is 4.68. The van der Waals surface area contributed by atoms with Crippen molar-refractivity contribution < 1.29 is 9.21 Å². The summed E-state index contributed by atoms with van der Waals surface area (Å²) >= 11 is 0. The number of fused-ring (bicyclic) bond motifs is 3. The molecule has 0 saturated heterocycles. The number of anilines is 1. The third kappa shape index (κ3) is 3.17. The molecule has 0 atom stereocenters. The summed E-state index contributed by atoms with van der Waals surface area (Å²) < 4.78 is 7.87. The number of hydrogen-bond acceptors (Lipinski definition) is 6. The molecule has 0 aliphatic rings. The minimum absolute atomic E-state index is 0.0529. The molecule has 0 fully saturated rings. The average molecular weight is 378 g/mol. The minimum atomic E-state index is 0.0529. The summed E-state index contributed by atoms with van der Waals surface area (Å²) in [6.07, 6.45) is 3.10. The Hall–Kier alpha value is -3.42. The smallest absolute Gasteiger partial charge is 0.251 e. The standard InChI is InChI=1S/C20H22N6O2/c1-4-6-14(27)22-10-12-7-5-8-13(9-12)19-24-16-17-15(23-11-26(17)3)18(21-2)25-20(16)28-19/h5,7-9,11H,4,6,10H2,1-3H3,(H,21,25)(H,22,27). The molecule has 0 bridgehead atoms. The van der Waals surface area contributed by atoms with Crippen LogP contribution >= 0.6 is 0 Å². The zero-order valence-electron chi connectivity index (χ0n) is 16.1. The first kappa shape index (κ1) is 18.0. The fourth-order valence-electron chi connectivity index (χ4n) is 3.21. The normalized spacial score (nSPS) is 11.2. The molecule has 8 heteroatoms. The number of hydrogen-bond donors (Lipinski definition) is 2. The Labute approximate surface area is 162 Å². The van der Waals surface area contributed by atoms with Gasteiger partial charge in [0.05, 0.1) is 6.33 Å². The number of nitrogens with one attached hydrogen (secondary N) is 2. The summed E-state index contributed by atoms with van der Waals surface area (Å²) in [5.41, 5.74) is 4.57. The van der Waals surface area contributed by atoms with E-state index in [0.29, 0.717) is 35.9 Å². The van der Waals surface area contributed by atoms with E-state index >= 15 is 0 Å². The largest absolute Gasteiger partial charge is 0.418 e. The Balaban J connectivity index is 1.72. The predicted molar refractivity (Wildman–Crippen MR) is 108 cm³/mol. The molecule has 0 spiro atoms. The van der Waals surface area contributed by atoms with E-state index in [1.165, 1.54) is 0 Å². The highest BCUT2D eigenvalue weighted by atomic mass is 16.4. The summed E-state index contributed by atoms with van der Waals surface area (Å²) in [7, 11) is 3.72. The van der Waals surface area contributed by atoms with Crippen molar-refractivity contribution in [1.82, 2.24) is 24.8 Å². The first-order valence-electron chi connectivity index (χ1n) is 9.26. The van der Waals surface area contributed by atoms with Crippen LogP contribution in [0.25, 0.3) is 33.7 Å². The van der Waals surface area contributed by atoms with Crippen LogP contribution in [0.4, 0.5) is 5.82 Å². The van der Waals surface area contributed by atoms with Gasteiger partial charge in [0.15, 0.2) is 11.3 Å². The van der Waals surface area contributed by atoms with E-state index in [9.17, 15) is 4.79 Å². The Morgan fingerprint density at radius 2 is 2.11 bits per heavy atom. The molecule has 0 unspecified atom stereocenters. The average Bonchev–Trinajstić information content (AvgIpc) is 3.30. The van der Waals surface area contributed by atoms with Crippen molar-refractivity contribution in [2.24, 2.45) is 7.05 Å². The second-order valence-electron chi connectivity index (χ2n) is 6.66. The Morgan fingerprint density at radius 1 is 1.25 bits per heavy atom. The summed E-state index contributed by atoms with van der Waals surface area (Å²) in [6.45, 7) is 2.46. The number of rotatable bonds is 6. The van der Waals surface area contributed by atoms with Gasteiger partial charge in [0.1, 0.15) is 11.0 Å². The van der Waals surface area contributed by atoms with Crippen LogP contribution in [-0.4, -0.2) is 32.5 Å². The van der Waals surface area contributed by atoms with Gasteiger partial charge in [-0.2, -0.15) is 4.98 Å². The lowest BCUT2D eigenvalue weighted by molar-refractivity contribution is -0.121. The minimum Gasteiger partial charge on any atom is -0.418 e. The number of amides is 1. The molecule has 28 heavy (non-hydrogen) atoms. The van der Waals surface area contributed by atoms with Crippen molar-refractivity contribution >= 4 is 34.0 Å². The quantitative estimate of drug-likeness (QED) is 0.534. The fraction of sp³-hybridized carbons (Fsp3) is 0.300. The molecule has 0 aliphatic heterocycles. The summed E-state index contributed by atoms with van der Waals surface area (Å²) in [5, 5.41) is 5.98. The highest BCUT2D eigenvalue weighted by Gasteiger charge is 2.18. The molecule has 1 aromatic carbocycles. The number of aryl methyl sites for hydroxylation is 1. The van der Waals surface area contributed by atoms with Gasteiger partial charge in [-0.15, -0.1) is 0 Å². The van der Waals surface area contributed by atoms with E-state index in [1.807, 2.05) is 42.8 Å². The Bertz CT molecular complexity index is 1160. The van der Waals surface area contributed by atoms with Gasteiger partial charge >= 0.3 is 0 Å². The van der Waals surface area contributed by atoms with E-state index in [0.717, 1.165) is 28.6 Å². The maximum Gasteiger partial charge on any atom is 0.251 e. The zero-order chi connectivity index (χ0) is 19.7. The van der Waals surface area contributed by atoms with Crippen LogP contribution in [0, 0.1) is 0 Å². The monoisotopic (exact) mass is 378 g/mol. The Morgan fingerprint density at radius 3 is 2.89 bits per heavy atom. The number of nitrogens with zero attached hydrogens (tertiary/aromatic N) is 4. The molecule has 0 aliphatic carbocycles.